The van der Waals surface area contributed by atoms with Gasteiger partial charge in [0.05, 0.1) is 10.6 Å². The van der Waals surface area contributed by atoms with E-state index in [-0.39, 0.29) is 39.8 Å². The Morgan fingerprint density at radius 2 is 1.85 bits per heavy atom. The maximum atomic E-state index is 12.2. The van der Waals surface area contributed by atoms with E-state index in [4.69, 9.17) is 0 Å². The Kier molecular flexibility index (Phi) is 3.00. The summed E-state index contributed by atoms with van der Waals surface area (Å²) < 4.78 is 0. The zero-order chi connectivity index (χ0) is 15.3. The van der Waals surface area contributed by atoms with Gasteiger partial charge in [0.25, 0.3) is 5.69 Å². The first-order chi connectivity index (χ1) is 9.09. The highest BCUT2D eigenvalue weighted by atomic mass is 16.6. The Hall–Kier alpha value is -2.11. The average molecular weight is 278 g/mol. The topological polar surface area (TPSA) is 92.5 Å². The minimum absolute atomic E-state index is 0.0719. The van der Waals surface area contributed by atoms with Gasteiger partial charge in [-0.1, -0.05) is 27.7 Å². The Labute approximate surface area is 117 Å². The molecule has 6 heteroatoms. The van der Waals surface area contributed by atoms with Gasteiger partial charge in [-0.15, -0.1) is 0 Å². The van der Waals surface area contributed by atoms with Crippen LogP contribution in [0.1, 0.15) is 27.7 Å². The van der Waals surface area contributed by atoms with Crippen molar-refractivity contribution in [2.45, 2.75) is 27.7 Å². The highest BCUT2D eigenvalue weighted by Crippen LogP contribution is 2.68. The Balaban J connectivity index is 2.21. The van der Waals surface area contributed by atoms with Crippen LogP contribution in [0.25, 0.3) is 0 Å². The number of benzene rings is 1. The van der Waals surface area contributed by atoms with Crippen molar-refractivity contribution in [3.63, 3.8) is 0 Å². The summed E-state index contributed by atoms with van der Waals surface area (Å²) in [7, 11) is 0. The molecular weight excluding hydrogens is 260 g/mol. The van der Waals surface area contributed by atoms with Gasteiger partial charge in [0.1, 0.15) is 5.75 Å². The number of non-ortho nitro benzene ring substituents is 1. The highest BCUT2D eigenvalue weighted by molar-refractivity contribution is 5.97. The van der Waals surface area contributed by atoms with Crippen LogP contribution in [0.15, 0.2) is 18.2 Å². The summed E-state index contributed by atoms with van der Waals surface area (Å²) >= 11 is 0. The minimum Gasteiger partial charge on any atom is -0.506 e. The molecule has 0 radical (unpaired) electrons. The summed E-state index contributed by atoms with van der Waals surface area (Å²) in [5, 5.41) is 23.0. The first kappa shape index (κ1) is 14.3. The lowest BCUT2D eigenvalue weighted by atomic mass is 10.0. The molecule has 0 heterocycles. The average Bonchev–Trinajstić information content (AvgIpc) is 2.72. The summed E-state index contributed by atoms with van der Waals surface area (Å²) in [6, 6.07) is 3.56. The zero-order valence-electron chi connectivity index (χ0n) is 11.9. The molecule has 0 spiro atoms. The third-order valence-corrected chi connectivity index (χ3v) is 4.73. The van der Waals surface area contributed by atoms with Crippen LogP contribution in [0, 0.1) is 26.9 Å². The van der Waals surface area contributed by atoms with Crippen molar-refractivity contribution in [3.8, 4) is 5.75 Å². The number of aromatic hydroxyl groups is 1. The van der Waals surface area contributed by atoms with Crippen molar-refractivity contribution in [1.29, 1.82) is 0 Å². The molecule has 1 aliphatic carbocycles. The lowest BCUT2D eigenvalue weighted by Crippen LogP contribution is -2.17. The Bertz CT molecular complexity index is 579. The first-order valence-electron chi connectivity index (χ1n) is 6.37. The molecule has 1 aliphatic rings. The van der Waals surface area contributed by atoms with E-state index in [1.54, 1.807) is 0 Å². The van der Waals surface area contributed by atoms with Crippen LogP contribution >= 0.6 is 0 Å². The monoisotopic (exact) mass is 278 g/mol. The van der Waals surface area contributed by atoms with Gasteiger partial charge in [-0.25, -0.2) is 0 Å². The van der Waals surface area contributed by atoms with Gasteiger partial charge in [0, 0.05) is 18.1 Å². The SMILES string of the molecule is CC1(C)C(C(=O)Nc2cc([N+](=O)[O-])ccc2O)C1(C)C. The van der Waals surface area contributed by atoms with Gasteiger partial charge >= 0.3 is 0 Å². The van der Waals surface area contributed by atoms with Crippen LogP contribution in [0.2, 0.25) is 0 Å². The number of phenolic OH excluding ortho intramolecular Hbond substituents is 1. The number of hydrogen-bond donors (Lipinski definition) is 2. The second-order valence-corrected chi connectivity index (χ2v) is 6.32. The number of rotatable bonds is 3. The predicted octanol–water partition coefficient (Wildman–Crippen LogP) is 2.92. The van der Waals surface area contributed by atoms with E-state index >= 15 is 0 Å². The summed E-state index contributed by atoms with van der Waals surface area (Å²) in [6.07, 6.45) is 0. The number of carbonyl (C=O) groups is 1. The fourth-order valence-corrected chi connectivity index (χ4v) is 2.79. The van der Waals surface area contributed by atoms with Crippen LogP contribution in [-0.2, 0) is 4.79 Å². The van der Waals surface area contributed by atoms with Crippen molar-refractivity contribution in [2.24, 2.45) is 16.7 Å². The molecule has 1 aromatic rings. The number of nitrogens with zero attached hydrogens (tertiary/aromatic N) is 1. The van der Waals surface area contributed by atoms with Crippen molar-refractivity contribution in [2.75, 3.05) is 5.32 Å². The second-order valence-electron chi connectivity index (χ2n) is 6.32. The van der Waals surface area contributed by atoms with Gasteiger partial charge in [-0.3, -0.25) is 14.9 Å². The second kappa shape index (κ2) is 4.19. The standard InChI is InChI=1S/C14H18N2O4/c1-13(2)11(14(13,3)4)12(18)15-9-7-8(16(19)20)5-6-10(9)17/h5-7,11,17H,1-4H3,(H,15,18). The van der Waals surface area contributed by atoms with Crippen LogP contribution < -0.4 is 5.32 Å². The molecule has 20 heavy (non-hydrogen) atoms. The number of nitro groups is 1. The summed E-state index contributed by atoms with van der Waals surface area (Å²) in [5.41, 5.74) is -0.365. The van der Waals surface area contributed by atoms with Gasteiger partial charge in [-0.05, 0) is 16.9 Å². The minimum atomic E-state index is -0.569. The number of hydrogen-bond acceptors (Lipinski definition) is 4. The molecule has 1 amide bonds. The van der Waals surface area contributed by atoms with Crippen molar-refractivity contribution >= 4 is 17.3 Å². The van der Waals surface area contributed by atoms with Crippen LogP contribution in [0.3, 0.4) is 0 Å². The first-order valence-corrected chi connectivity index (χ1v) is 6.37. The molecule has 2 rings (SSSR count). The molecule has 6 nitrogen and oxygen atoms in total. The predicted molar refractivity (Wildman–Crippen MR) is 74.4 cm³/mol. The molecule has 0 atom stereocenters. The van der Waals surface area contributed by atoms with Crippen LogP contribution in [0.5, 0.6) is 5.75 Å². The molecule has 1 fully saturated rings. The molecule has 0 saturated heterocycles. The molecule has 0 unspecified atom stereocenters. The van der Waals surface area contributed by atoms with Gasteiger partial charge in [0.15, 0.2) is 0 Å². The quantitative estimate of drug-likeness (QED) is 0.505. The Morgan fingerprint density at radius 3 is 2.30 bits per heavy atom. The lowest BCUT2D eigenvalue weighted by molar-refractivity contribution is -0.384. The maximum absolute atomic E-state index is 12.2. The van der Waals surface area contributed by atoms with E-state index in [1.807, 2.05) is 27.7 Å². The van der Waals surface area contributed by atoms with Gasteiger partial charge < -0.3 is 10.4 Å². The normalized spacial score (nSPS) is 19.4. The molecule has 0 aromatic heterocycles. The molecular formula is C14H18N2O4. The van der Waals surface area contributed by atoms with Crippen molar-refractivity contribution < 1.29 is 14.8 Å². The number of anilines is 1. The number of nitro benzene ring substituents is 1. The van der Waals surface area contributed by atoms with E-state index in [1.165, 1.54) is 12.1 Å². The smallest absolute Gasteiger partial charge is 0.271 e. The molecule has 2 N–H and O–H groups in total. The Morgan fingerprint density at radius 1 is 1.30 bits per heavy atom. The summed E-state index contributed by atoms with van der Waals surface area (Å²) in [4.78, 5) is 22.4. The number of phenols is 1. The summed E-state index contributed by atoms with van der Waals surface area (Å²) in [5.74, 6) is -0.593. The number of carbonyl (C=O) groups excluding carboxylic acids is 1. The van der Waals surface area contributed by atoms with E-state index in [9.17, 15) is 20.0 Å². The van der Waals surface area contributed by atoms with Crippen LogP contribution in [0.4, 0.5) is 11.4 Å². The van der Waals surface area contributed by atoms with Gasteiger partial charge in [0.2, 0.25) is 5.91 Å². The van der Waals surface area contributed by atoms with E-state index in [2.05, 4.69) is 5.32 Å². The summed E-state index contributed by atoms with van der Waals surface area (Å²) in [6.45, 7) is 8.02. The van der Waals surface area contributed by atoms with E-state index in [0.717, 1.165) is 6.07 Å². The molecule has 0 aliphatic heterocycles. The van der Waals surface area contributed by atoms with E-state index in [0.29, 0.717) is 0 Å². The highest BCUT2D eigenvalue weighted by Gasteiger charge is 2.68. The van der Waals surface area contributed by atoms with Crippen molar-refractivity contribution in [3.05, 3.63) is 28.3 Å². The molecule has 108 valence electrons. The van der Waals surface area contributed by atoms with Crippen molar-refractivity contribution in [1.82, 2.24) is 0 Å². The van der Waals surface area contributed by atoms with Crippen LogP contribution in [-0.4, -0.2) is 15.9 Å². The zero-order valence-corrected chi connectivity index (χ0v) is 11.9. The van der Waals surface area contributed by atoms with E-state index < -0.39 is 4.92 Å². The van der Waals surface area contributed by atoms with Gasteiger partial charge in [-0.2, -0.15) is 0 Å². The third-order valence-electron chi connectivity index (χ3n) is 4.73. The fourth-order valence-electron chi connectivity index (χ4n) is 2.79. The number of amides is 1. The largest absolute Gasteiger partial charge is 0.506 e. The third kappa shape index (κ3) is 2.01. The lowest BCUT2D eigenvalue weighted by Gasteiger charge is -2.08. The molecule has 0 bridgehead atoms. The molecule has 1 aromatic carbocycles. The fraction of sp³-hybridized carbons (Fsp3) is 0.500. The number of nitrogens with one attached hydrogen (secondary N) is 1. The molecule has 1 saturated carbocycles. The maximum Gasteiger partial charge on any atom is 0.271 e.